The highest BCUT2D eigenvalue weighted by Crippen LogP contribution is 2.19. The van der Waals surface area contributed by atoms with Crippen LogP contribution in [0.5, 0.6) is 0 Å². The Bertz CT molecular complexity index is 630. The molecule has 86 valence electrons. The summed E-state index contributed by atoms with van der Waals surface area (Å²) in [7, 11) is 1.65. The molecule has 0 spiro atoms. The van der Waals surface area contributed by atoms with Crippen LogP contribution in [0.1, 0.15) is 21.7 Å². The third kappa shape index (κ3) is 1.58. The zero-order valence-electron chi connectivity index (χ0n) is 9.38. The Labute approximate surface area is 97.3 Å². The van der Waals surface area contributed by atoms with Gasteiger partial charge in [-0.1, -0.05) is 0 Å². The predicted octanol–water partition coefficient (Wildman–Crippen LogP) is 1.09. The average Bonchev–Trinajstić information content (AvgIpc) is 2.81. The Balaban J connectivity index is 2.76. The molecule has 2 aromatic heterocycles. The fraction of sp³-hybridized carbons (Fsp3) is 0.182. The van der Waals surface area contributed by atoms with Crippen molar-refractivity contribution in [2.24, 2.45) is 7.05 Å². The van der Waals surface area contributed by atoms with Gasteiger partial charge in [-0.25, -0.2) is 4.79 Å². The van der Waals surface area contributed by atoms with Crippen LogP contribution in [0.4, 0.5) is 0 Å². The summed E-state index contributed by atoms with van der Waals surface area (Å²) < 4.78 is 2.98. The molecule has 0 amide bonds. The van der Waals surface area contributed by atoms with E-state index in [2.05, 4.69) is 5.10 Å². The first-order valence-corrected chi connectivity index (χ1v) is 4.91. The lowest BCUT2D eigenvalue weighted by Gasteiger charge is -2.06. The number of carboxylic acids is 1. The third-order valence-electron chi connectivity index (χ3n) is 2.50. The van der Waals surface area contributed by atoms with E-state index in [1.165, 1.54) is 9.25 Å². The van der Waals surface area contributed by atoms with Crippen LogP contribution in [-0.2, 0) is 7.05 Å². The minimum Gasteiger partial charge on any atom is -0.477 e. The highest BCUT2D eigenvalue weighted by atomic mass is 16.4. The van der Waals surface area contributed by atoms with Gasteiger partial charge in [0.1, 0.15) is 17.3 Å². The highest BCUT2D eigenvalue weighted by Gasteiger charge is 2.21. The number of hydrogen-bond donors (Lipinski definition) is 1. The van der Waals surface area contributed by atoms with E-state index in [9.17, 15) is 9.90 Å². The van der Waals surface area contributed by atoms with Crippen LogP contribution in [-0.4, -0.2) is 25.4 Å². The third-order valence-corrected chi connectivity index (χ3v) is 2.50. The quantitative estimate of drug-likeness (QED) is 0.836. The van der Waals surface area contributed by atoms with Crippen LogP contribution in [0.3, 0.4) is 0 Å². The Morgan fingerprint density at radius 2 is 2.29 bits per heavy atom. The van der Waals surface area contributed by atoms with Gasteiger partial charge >= 0.3 is 5.97 Å². The monoisotopic (exact) mass is 230 g/mol. The molecule has 2 heterocycles. The second kappa shape index (κ2) is 3.79. The topological polar surface area (TPSA) is 83.8 Å². The molecule has 2 aromatic rings. The van der Waals surface area contributed by atoms with E-state index in [-0.39, 0.29) is 5.56 Å². The molecule has 0 aliphatic heterocycles. The number of carbonyl (C=O) groups is 1. The number of carboxylic acid groups (broad SMARTS) is 1. The van der Waals surface area contributed by atoms with Crippen LogP contribution in [0, 0.1) is 18.3 Å². The summed E-state index contributed by atoms with van der Waals surface area (Å²) in [5.74, 6) is -0.667. The molecular formula is C11H10N4O2. The Hall–Kier alpha value is -2.55. The smallest absolute Gasteiger partial charge is 0.341 e. The van der Waals surface area contributed by atoms with Crippen molar-refractivity contribution in [1.29, 1.82) is 5.26 Å². The molecule has 0 atom stereocenters. The van der Waals surface area contributed by atoms with Crippen molar-refractivity contribution in [1.82, 2.24) is 14.3 Å². The molecule has 0 aliphatic rings. The highest BCUT2D eigenvalue weighted by molar-refractivity contribution is 5.92. The van der Waals surface area contributed by atoms with Gasteiger partial charge in [0.15, 0.2) is 5.82 Å². The minimum atomic E-state index is -1.05. The molecule has 0 saturated carbocycles. The van der Waals surface area contributed by atoms with E-state index < -0.39 is 5.97 Å². The fourth-order valence-electron chi connectivity index (χ4n) is 1.83. The largest absolute Gasteiger partial charge is 0.477 e. The Kier molecular flexibility index (Phi) is 2.44. The van der Waals surface area contributed by atoms with Crippen LogP contribution in [0.2, 0.25) is 0 Å². The molecule has 0 unspecified atom stereocenters. The summed E-state index contributed by atoms with van der Waals surface area (Å²) in [6, 6.07) is 5.31. The lowest BCUT2D eigenvalue weighted by molar-refractivity contribution is 0.0696. The number of rotatable bonds is 2. The van der Waals surface area contributed by atoms with E-state index in [0.717, 1.165) is 0 Å². The molecular weight excluding hydrogens is 220 g/mol. The summed E-state index contributed by atoms with van der Waals surface area (Å²) in [6.07, 6.45) is 1.64. The van der Waals surface area contributed by atoms with Crippen LogP contribution in [0.15, 0.2) is 18.3 Å². The van der Waals surface area contributed by atoms with Crippen molar-refractivity contribution in [2.75, 3.05) is 0 Å². The SMILES string of the molecule is Cc1nn(C)c(-n2cccc2C#N)c1C(=O)O. The van der Waals surface area contributed by atoms with Gasteiger partial charge < -0.3 is 5.11 Å². The van der Waals surface area contributed by atoms with Crippen molar-refractivity contribution in [2.45, 2.75) is 6.92 Å². The second-order valence-corrected chi connectivity index (χ2v) is 3.59. The van der Waals surface area contributed by atoms with Gasteiger partial charge in [-0.15, -0.1) is 0 Å². The van der Waals surface area contributed by atoms with E-state index in [1.807, 2.05) is 6.07 Å². The maximum atomic E-state index is 11.2. The molecule has 0 saturated heterocycles. The first-order valence-electron chi connectivity index (χ1n) is 4.91. The van der Waals surface area contributed by atoms with Crippen LogP contribution >= 0.6 is 0 Å². The van der Waals surface area contributed by atoms with Crippen LogP contribution in [0.25, 0.3) is 5.82 Å². The predicted molar refractivity (Wildman–Crippen MR) is 58.9 cm³/mol. The normalized spacial score (nSPS) is 10.2. The molecule has 2 rings (SSSR count). The number of nitriles is 1. The van der Waals surface area contributed by atoms with Crippen molar-refractivity contribution in [3.63, 3.8) is 0 Å². The van der Waals surface area contributed by atoms with Gasteiger partial charge in [0.25, 0.3) is 0 Å². The van der Waals surface area contributed by atoms with E-state index in [0.29, 0.717) is 17.2 Å². The molecule has 0 fully saturated rings. The molecule has 17 heavy (non-hydrogen) atoms. The molecule has 6 nitrogen and oxygen atoms in total. The molecule has 0 radical (unpaired) electrons. The lowest BCUT2D eigenvalue weighted by Crippen LogP contribution is -2.09. The fourth-order valence-corrected chi connectivity index (χ4v) is 1.83. The van der Waals surface area contributed by atoms with Crippen molar-refractivity contribution < 1.29 is 9.90 Å². The number of aryl methyl sites for hydroxylation is 2. The standard InChI is InChI=1S/C11H10N4O2/c1-7-9(11(16)17)10(14(2)13-7)15-5-3-4-8(15)6-12/h3-5H,1-2H3,(H,16,17). The van der Waals surface area contributed by atoms with Crippen molar-refractivity contribution >= 4 is 5.97 Å². The molecule has 0 bridgehead atoms. The van der Waals surface area contributed by atoms with Gasteiger partial charge in [0, 0.05) is 13.2 Å². The summed E-state index contributed by atoms with van der Waals surface area (Å²) >= 11 is 0. The summed E-state index contributed by atoms with van der Waals surface area (Å²) in [4.78, 5) is 11.2. The molecule has 1 N–H and O–H groups in total. The zero-order chi connectivity index (χ0) is 12.6. The maximum absolute atomic E-state index is 11.2. The summed E-state index contributed by atoms with van der Waals surface area (Å²) in [6.45, 7) is 1.63. The summed E-state index contributed by atoms with van der Waals surface area (Å²) in [5, 5.41) is 22.2. The van der Waals surface area contributed by atoms with Gasteiger partial charge in [-0.05, 0) is 19.1 Å². The van der Waals surface area contributed by atoms with E-state index in [4.69, 9.17) is 5.26 Å². The van der Waals surface area contributed by atoms with E-state index in [1.54, 1.807) is 32.3 Å². The van der Waals surface area contributed by atoms with Gasteiger partial charge in [0.2, 0.25) is 0 Å². The van der Waals surface area contributed by atoms with Gasteiger partial charge in [-0.3, -0.25) is 9.25 Å². The minimum absolute atomic E-state index is 0.111. The lowest BCUT2D eigenvalue weighted by atomic mass is 10.2. The van der Waals surface area contributed by atoms with Gasteiger partial charge in [0.05, 0.1) is 5.69 Å². The number of aromatic nitrogens is 3. The number of aromatic carboxylic acids is 1. The Morgan fingerprint density at radius 1 is 1.59 bits per heavy atom. The first-order chi connectivity index (χ1) is 8.06. The molecule has 0 aliphatic carbocycles. The summed E-state index contributed by atoms with van der Waals surface area (Å²) in [5.41, 5.74) is 0.906. The average molecular weight is 230 g/mol. The van der Waals surface area contributed by atoms with Gasteiger partial charge in [-0.2, -0.15) is 10.4 Å². The second-order valence-electron chi connectivity index (χ2n) is 3.59. The molecule has 6 heteroatoms. The number of nitrogens with zero attached hydrogens (tertiary/aromatic N) is 4. The van der Waals surface area contributed by atoms with Crippen LogP contribution < -0.4 is 0 Å². The number of hydrogen-bond acceptors (Lipinski definition) is 3. The van der Waals surface area contributed by atoms with Crippen molar-refractivity contribution in [3.05, 3.63) is 35.3 Å². The van der Waals surface area contributed by atoms with Crippen molar-refractivity contribution in [3.8, 4) is 11.9 Å². The molecule has 0 aromatic carbocycles. The zero-order valence-corrected chi connectivity index (χ0v) is 9.38. The first kappa shape index (κ1) is 11.0. The van der Waals surface area contributed by atoms with E-state index >= 15 is 0 Å². The maximum Gasteiger partial charge on any atom is 0.341 e. The Morgan fingerprint density at radius 3 is 2.88 bits per heavy atom.